The highest BCUT2D eigenvalue weighted by Gasteiger charge is 2.15. The molecule has 0 radical (unpaired) electrons. The Labute approximate surface area is 93.7 Å². The van der Waals surface area contributed by atoms with Crippen LogP contribution in [0.1, 0.15) is 25.3 Å². The van der Waals surface area contributed by atoms with Crippen molar-refractivity contribution >= 4 is 17.5 Å². The molecule has 0 aromatic heterocycles. The lowest BCUT2D eigenvalue weighted by Gasteiger charge is -2.05. The number of aldehydes is 1. The molecule has 0 aliphatic heterocycles. The molecule has 4 heteroatoms. The Morgan fingerprint density at radius 3 is 2.69 bits per heavy atom. The molecular weight excluding hydrogens is 206 g/mol. The maximum Gasteiger partial charge on any atom is 0.276 e. The summed E-state index contributed by atoms with van der Waals surface area (Å²) < 4.78 is 0. The number of para-hydroxylation sites is 1. The molecule has 1 aromatic rings. The average Bonchev–Trinajstić information content (AvgIpc) is 2.29. The average molecular weight is 219 g/mol. The molecular formula is C12H13NO3. The van der Waals surface area contributed by atoms with Gasteiger partial charge in [-0.25, -0.2) is 0 Å². The van der Waals surface area contributed by atoms with Crippen molar-refractivity contribution in [3.8, 4) is 0 Å². The van der Waals surface area contributed by atoms with Crippen LogP contribution in [0.5, 0.6) is 0 Å². The van der Waals surface area contributed by atoms with Crippen LogP contribution in [-0.4, -0.2) is 11.2 Å². The van der Waals surface area contributed by atoms with E-state index in [1.807, 2.05) is 6.92 Å². The summed E-state index contributed by atoms with van der Waals surface area (Å²) in [6.07, 6.45) is 3.56. The zero-order valence-corrected chi connectivity index (χ0v) is 9.05. The first-order chi connectivity index (χ1) is 7.70. The van der Waals surface area contributed by atoms with Crippen LogP contribution in [0, 0.1) is 10.1 Å². The van der Waals surface area contributed by atoms with E-state index in [2.05, 4.69) is 0 Å². The molecule has 84 valence electrons. The van der Waals surface area contributed by atoms with Gasteiger partial charge in [0.05, 0.1) is 10.5 Å². The Morgan fingerprint density at radius 1 is 1.44 bits per heavy atom. The molecule has 0 unspecified atom stereocenters. The molecule has 0 spiro atoms. The Morgan fingerprint density at radius 2 is 2.12 bits per heavy atom. The van der Waals surface area contributed by atoms with Crippen molar-refractivity contribution in [2.75, 3.05) is 0 Å². The van der Waals surface area contributed by atoms with Crippen LogP contribution >= 0.6 is 0 Å². The van der Waals surface area contributed by atoms with Crippen molar-refractivity contribution < 1.29 is 9.72 Å². The number of hydrogen-bond donors (Lipinski definition) is 0. The van der Waals surface area contributed by atoms with Gasteiger partial charge in [-0.05, 0) is 24.1 Å². The molecule has 0 atom stereocenters. The van der Waals surface area contributed by atoms with E-state index in [9.17, 15) is 14.9 Å². The highest BCUT2D eigenvalue weighted by atomic mass is 16.6. The second-order valence-electron chi connectivity index (χ2n) is 3.35. The predicted molar refractivity (Wildman–Crippen MR) is 62.0 cm³/mol. The molecule has 0 aliphatic carbocycles. The summed E-state index contributed by atoms with van der Waals surface area (Å²) in [6, 6.07) is 6.47. The molecule has 0 saturated carbocycles. The van der Waals surface area contributed by atoms with Gasteiger partial charge in [-0.2, -0.15) is 0 Å². The SMILES string of the molecule is CCCC(=CC=O)c1ccccc1[N+](=O)[O-]. The van der Waals surface area contributed by atoms with E-state index in [4.69, 9.17) is 0 Å². The van der Waals surface area contributed by atoms with Gasteiger partial charge in [0.15, 0.2) is 0 Å². The largest absolute Gasteiger partial charge is 0.299 e. The predicted octanol–water partition coefficient (Wildman–Crippen LogP) is 2.98. The fourth-order valence-corrected chi connectivity index (χ4v) is 1.56. The smallest absolute Gasteiger partial charge is 0.276 e. The molecule has 4 nitrogen and oxygen atoms in total. The van der Waals surface area contributed by atoms with Crippen molar-refractivity contribution in [2.24, 2.45) is 0 Å². The normalized spacial score (nSPS) is 11.2. The summed E-state index contributed by atoms with van der Waals surface area (Å²) in [6.45, 7) is 1.97. The van der Waals surface area contributed by atoms with Gasteiger partial charge in [-0.3, -0.25) is 14.9 Å². The first kappa shape index (κ1) is 12.1. The number of rotatable bonds is 5. The highest BCUT2D eigenvalue weighted by molar-refractivity contribution is 5.84. The zero-order chi connectivity index (χ0) is 12.0. The Bertz CT molecular complexity index is 424. The van der Waals surface area contributed by atoms with Crippen LogP contribution in [0.3, 0.4) is 0 Å². The first-order valence-electron chi connectivity index (χ1n) is 5.08. The van der Waals surface area contributed by atoms with Gasteiger partial charge >= 0.3 is 0 Å². The summed E-state index contributed by atoms with van der Waals surface area (Å²) in [7, 11) is 0. The Balaban J connectivity index is 3.23. The van der Waals surface area contributed by atoms with Gasteiger partial charge in [-0.15, -0.1) is 0 Å². The fraction of sp³-hybridized carbons (Fsp3) is 0.250. The maximum absolute atomic E-state index is 10.8. The van der Waals surface area contributed by atoms with E-state index in [0.29, 0.717) is 23.8 Å². The highest BCUT2D eigenvalue weighted by Crippen LogP contribution is 2.28. The maximum atomic E-state index is 10.8. The Kier molecular flexibility index (Phi) is 4.39. The summed E-state index contributed by atoms with van der Waals surface area (Å²) in [5, 5.41) is 10.8. The number of nitro groups is 1. The van der Waals surface area contributed by atoms with Gasteiger partial charge in [0.2, 0.25) is 0 Å². The van der Waals surface area contributed by atoms with Gasteiger partial charge in [0.1, 0.15) is 6.29 Å². The van der Waals surface area contributed by atoms with Crippen molar-refractivity contribution in [2.45, 2.75) is 19.8 Å². The summed E-state index contributed by atoms with van der Waals surface area (Å²) in [5.41, 5.74) is 1.29. The minimum absolute atomic E-state index is 0.0454. The standard InChI is InChI=1S/C12H13NO3/c1-2-5-10(8-9-14)11-6-3-4-7-12(11)13(15)16/h3-4,6-9H,2,5H2,1H3. The molecule has 0 N–H and O–H groups in total. The summed E-state index contributed by atoms with van der Waals surface area (Å²) in [4.78, 5) is 20.9. The van der Waals surface area contributed by atoms with Gasteiger partial charge in [0, 0.05) is 6.07 Å². The van der Waals surface area contributed by atoms with Crippen LogP contribution in [0.2, 0.25) is 0 Å². The second-order valence-corrected chi connectivity index (χ2v) is 3.35. The second kappa shape index (κ2) is 5.80. The number of hydrogen-bond acceptors (Lipinski definition) is 3. The third-order valence-electron chi connectivity index (χ3n) is 2.24. The van der Waals surface area contributed by atoms with Crippen molar-refractivity contribution in [1.82, 2.24) is 0 Å². The molecule has 1 rings (SSSR count). The summed E-state index contributed by atoms with van der Waals surface area (Å²) in [5.74, 6) is 0. The third kappa shape index (κ3) is 2.76. The zero-order valence-electron chi connectivity index (χ0n) is 9.05. The lowest BCUT2D eigenvalue weighted by atomic mass is 9.99. The molecule has 0 amide bonds. The number of nitrogens with zero attached hydrogens (tertiary/aromatic N) is 1. The van der Waals surface area contributed by atoms with E-state index in [1.54, 1.807) is 18.2 Å². The number of allylic oxidation sites excluding steroid dienone is 2. The summed E-state index contributed by atoms with van der Waals surface area (Å²) >= 11 is 0. The number of carbonyl (C=O) groups is 1. The van der Waals surface area contributed by atoms with Crippen LogP contribution in [0.25, 0.3) is 5.57 Å². The van der Waals surface area contributed by atoms with Gasteiger partial charge < -0.3 is 0 Å². The van der Waals surface area contributed by atoms with E-state index in [-0.39, 0.29) is 5.69 Å². The van der Waals surface area contributed by atoms with Crippen LogP contribution < -0.4 is 0 Å². The number of benzene rings is 1. The van der Waals surface area contributed by atoms with Crippen molar-refractivity contribution in [1.29, 1.82) is 0 Å². The number of carbonyl (C=O) groups excluding carboxylic acids is 1. The molecule has 0 heterocycles. The van der Waals surface area contributed by atoms with Crippen molar-refractivity contribution in [3.05, 3.63) is 46.0 Å². The lowest BCUT2D eigenvalue weighted by Crippen LogP contribution is -1.95. The monoisotopic (exact) mass is 219 g/mol. The minimum atomic E-state index is -0.427. The molecule has 0 saturated heterocycles. The molecule has 0 bridgehead atoms. The Hall–Kier alpha value is -1.97. The van der Waals surface area contributed by atoms with E-state index in [0.717, 1.165) is 6.42 Å². The van der Waals surface area contributed by atoms with E-state index >= 15 is 0 Å². The molecule has 0 aliphatic rings. The topological polar surface area (TPSA) is 60.2 Å². The quantitative estimate of drug-likeness (QED) is 0.331. The lowest BCUT2D eigenvalue weighted by molar-refractivity contribution is -0.385. The first-order valence-corrected chi connectivity index (χ1v) is 5.08. The minimum Gasteiger partial charge on any atom is -0.299 e. The molecule has 16 heavy (non-hydrogen) atoms. The van der Waals surface area contributed by atoms with E-state index < -0.39 is 4.92 Å². The van der Waals surface area contributed by atoms with Crippen LogP contribution in [-0.2, 0) is 4.79 Å². The van der Waals surface area contributed by atoms with Gasteiger partial charge in [-0.1, -0.05) is 25.5 Å². The van der Waals surface area contributed by atoms with E-state index in [1.165, 1.54) is 12.1 Å². The third-order valence-corrected chi connectivity index (χ3v) is 2.24. The van der Waals surface area contributed by atoms with Crippen LogP contribution in [0.4, 0.5) is 5.69 Å². The fourth-order valence-electron chi connectivity index (χ4n) is 1.56. The number of nitro benzene ring substituents is 1. The molecule has 1 aromatic carbocycles. The van der Waals surface area contributed by atoms with Crippen molar-refractivity contribution in [3.63, 3.8) is 0 Å². The van der Waals surface area contributed by atoms with Crippen LogP contribution in [0.15, 0.2) is 30.3 Å². The molecule has 0 fully saturated rings. The van der Waals surface area contributed by atoms with Gasteiger partial charge in [0.25, 0.3) is 5.69 Å².